The molecular weight excluding hydrogens is 361 g/mol. The molecule has 0 aliphatic carbocycles. The molecule has 1 N–H and O–H groups in total. The van der Waals surface area contributed by atoms with Crippen LogP contribution in [-0.2, 0) is 24.4 Å². The van der Waals surface area contributed by atoms with Crippen molar-refractivity contribution in [1.82, 2.24) is 0 Å². The van der Waals surface area contributed by atoms with Crippen LogP contribution in [0.4, 0.5) is 13.2 Å². The van der Waals surface area contributed by atoms with Gasteiger partial charge >= 0.3 is 6.18 Å². The van der Waals surface area contributed by atoms with Crippen molar-refractivity contribution >= 4 is 20.2 Å². The first-order valence-corrected chi connectivity index (χ1v) is 9.18. The van der Waals surface area contributed by atoms with E-state index in [4.69, 9.17) is 4.55 Å². The van der Waals surface area contributed by atoms with Crippen LogP contribution in [0.5, 0.6) is 0 Å². The molecule has 0 saturated heterocycles. The second-order valence-corrected chi connectivity index (χ2v) is 8.06. The molecule has 0 amide bonds. The van der Waals surface area contributed by atoms with Crippen molar-refractivity contribution in [2.75, 3.05) is 5.75 Å². The second-order valence-electron chi connectivity index (χ2n) is 5.06. The van der Waals surface area contributed by atoms with Crippen LogP contribution in [-0.4, -0.2) is 39.4 Å². The van der Waals surface area contributed by atoms with E-state index in [0.717, 1.165) is 0 Å². The molecule has 0 fully saturated rings. The molecule has 1 rings (SSSR count). The number of hydrogen-bond donors (Lipinski definition) is 1. The molecule has 0 aromatic heterocycles. The zero-order valence-corrected chi connectivity index (χ0v) is 14.0. The van der Waals surface area contributed by atoms with Crippen molar-refractivity contribution < 1.29 is 38.7 Å². The van der Waals surface area contributed by atoms with E-state index in [0.29, 0.717) is 5.56 Å². The summed E-state index contributed by atoms with van der Waals surface area (Å²) < 4.78 is 96.6. The van der Waals surface area contributed by atoms with Crippen molar-refractivity contribution in [1.29, 1.82) is 0 Å². The monoisotopic (exact) mass is 376 g/mol. The van der Waals surface area contributed by atoms with Gasteiger partial charge in [-0.25, -0.2) is 0 Å². The van der Waals surface area contributed by atoms with Gasteiger partial charge in [-0.1, -0.05) is 17.7 Å². The summed E-state index contributed by atoms with van der Waals surface area (Å²) in [7, 11) is -9.99. The predicted molar refractivity (Wildman–Crippen MR) is 75.2 cm³/mol. The highest BCUT2D eigenvalue weighted by Gasteiger charge is 2.46. The minimum absolute atomic E-state index is 0.162. The third-order valence-electron chi connectivity index (χ3n) is 2.82. The first-order chi connectivity index (χ1) is 10.1. The fourth-order valence-corrected chi connectivity index (χ4v) is 4.34. The van der Waals surface area contributed by atoms with Crippen LogP contribution in [0.3, 0.4) is 0 Å². The average molecular weight is 376 g/mol. The lowest BCUT2D eigenvalue weighted by Gasteiger charge is -2.20. The highest BCUT2D eigenvalue weighted by molar-refractivity contribution is 7.87. The topological polar surface area (TPSA) is 97.7 Å². The third kappa shape index (κ3) is 5.44. The maximum Gasteiger partial charge on any atom is 0.417 e. The van der Waals surface area contributed by atoms with Crippen LogP contribution in [0.15, 0.2) is 17.0 Å². The van der Waals surface area contributed by atoms with Crippen LogP contribution in [0, 0.1) is 20.8 Å². The summed E-state index contributed by atoms with van der Waals surface area (Å²) in [4.78, 5) is -0.465. The minimum atomic E-state index is -5.30. The molecule has 1 atom stereocenters. The maximum atomic E-state index is 12.8. The Bertz CT molecular complexity index is 774. The zero-order chi connectivity index (χ0) is 18.2. The quantitative estimate of drug-likeness (QED) is 0.625. The molecule has 0 bridgehead atoms. The fraction of sp³-hybridized carbons (Fsp3) is 0.500. The van der Waals surface area contributed by atoms with E-state index in [1.54, 1.807) is 6.92 Å². The summed E-state index contributed by atoms with van der Waals surface area (Å²) in [5.41, 5.74) is 1.02. The van der Waals surface area contributed by atoms with E-state index in [-0.39, 0.29) is 11.1 Å². The lowest BCUT2D eigenvalue weighted by Crippen LogP contribution is -2.39. The number of alkyl halides is 3. The van der Waals surface area contributed by atoms with Crippen molar-refractivity contribution in [3.8, 4) is 0 Å². The molecule has 132 valence electrons. The zero-order valence-electron chi connectivity index (χ0n) is 12.4. The second kappa shape index (κ2) is 6.38. The minimum Gasteiger partial charge on any atom is -0.285 e. The summed E-state index contributed by atoms with van der Waals surface area (Å²) in [5.74, 6) is -1.92. The first-order valence-electron chi connectivity index (χ1n) is 6.16. The highest BCUT2D eigenvalue weighted by atomic mass is 32.2. The van der Waals surface area contributed by atoms with Gasteiger partial charge < -0.3 is 0 Å². The van der Waals surface area contributed by atoms with Crippen molar-refractivity contribution in [2.45, 2.75) is 37.9 Å². The van der Waals surface area contributed by atoms with Crippen LogP contribution in [0.2, 0.25) is 0 Å². The van der Waals surface area contributed by atoms with Gasteiger partial charge in [0.25, 0.3) is 20.2 Å². The normalized spacial score (nSPS) is 14.7. The van der Waals surface area contributed by atoms with Gasteiger partial charge in [-0.15, -0.1) is 0 Å². The number of halogens is 3. The molecule has 1 aromatic rings. The largest absolute Gasteiger partial charge is 0.417 e. The molecule has 1 unspecified atom stereocenters. The fourth-order valence-electron chi connectivity index (χ4n) is 2.13. The molecule has 0 saturated carbocycles. The van der Waals surface area contributed by atoms with E-state index in [1.165, 1.54) is 26.0 Å². The summed E-state index contributed by atoms with van der Waals surface area (Å²) >= 11 is 0. The Kier molecular flexibility index (Phi) is 5.51. The van der Waals surface area contributed by atoms with Gasteiger partial charge in [0.05, 0.1) is 4.90 Å². The van der Waals surface area contributed by atoms with Gasteiger partial charge in [0.15, 0.2) is 6.10 Å². The molecule has 6 nitrogen and oxygen atoms in total. The van der Waals surface area contributed by atoms with Crippen molar-refractivity contribution in [2.24, 2.45) is 0 Å². The van der Waals surface area contributed by atoms with Crippen LogP contribution < -0.4 is 0 Å². The van der Waals surface area contributed by atoms with E-state index < -0.39 is 43.2 Å². The molecular formula is C12H15F3O6S2. The van der Waals surface area contributed by atoms with Gasteiger partial charge in [-0.2, -0.15) is 30.0 Å². The van der Waals surface area contributed by atoms with Gasteiger partial charge in [0.2, 0.25) is 0 Å². The highest BCUT2D eigenvalue weighted by Crippen LogP contribution is 2.30. The SMILES string of the molecule is Cc1cc(C)c(S(=O)(=O)OC(CS(=O)(=O)O)C(F)(F)F)c(C)c1. The van der Waals surface area contributed by atoms with E-state index in [1.807, 2.05) is 0 Å². The summed E-state index contributed by atoms with van der Waals surface area (Å²) in [5, 5.41) is 0. The number of benzene rings is 1. The molecule has 11 heteroatoms. The molecule has 1 aromatic carbocycles. The smallest absolute Gasteiger partial charge is 0.285 e. The van der Waals surface area contributed by atoms with E-state index in [2.05, 4.69) is 4.18 Å². The lowest BCUT2D eigenvalue weighted by molar-refractivity contribution is -0.187. The van der Waals surface area contributed by atoms with Gasteiger partial charge in [-0.3, -0.25) is 8.74 Å². The van der Waals surface area contributed by atoms with Crippen molar-refractivity contribution in [3.05, 3.63) is 28.8 Å². The number of rotatable bonds is 5. The van der Waals surface area contributed by atoms with E-state index in [9.17, 15) is 30.0 Å². The molecule has 0 heterocycles. The lowest BCUT2D eigenvalue weighted by atomic mass is 10.1. The van der Waals surface area contributed by atoms with Gasteiger partial charge in [0, 0.05) is 0 Å². The maximum absolute atomic E-state index is 12.8. The summed E-state index contributed by atoms with van der Waals surface area (Å²) in [6, 6.07) is 2.88. The Morgan fingerprint density at radius 2 is 1.52 bits per heavy atom. The molecule has 23 heavy (non-hydrogen) atoms. The molecule has 0 spiro atoms. The standard InChI is InChI=1S/C12H15F3O6S2/c1-7-4-8(2)11(9(3)5-7)23(19,20)21-10(12(13,14)15)6-22(16,17)18/h4-5,10H,6H2,1-3H3,(H,16,17,18). The molecule has 0 aliphatic heterocycles. The predicted octanol–water partition coefficient (Wildman–Crippen LogP) is 2.14. The average Bonchev–Trinajstić information content (AvgIpc) is 2.21. The molecule has 0 radical (unpaired) electrons. The van der Waals surface area contributed by atoms with E-state index >= 15 is 0 Å². The molecule has 0 aliphatic rings. The first kappa shape index (κ1) is 19.9. The Labute approximate surface area is 132 Å². The summed E-state index contributed by atoms with van der Waals surface area (Å²) in [6.45, 7) is 4.43. The van der Waals surface area contributed by atoms with Gasteiger partial charge in [0.1, 0.15) is 5.75 Å². The van der Waals surface area contributed by atoms with Gasteiger partial charge in [-0.05, 0) is 31.9 Å². The van der Waals surface area contributed by atoms with Crippen molar-refractivity contribution in [3.63, 3.8) is 0 Å². The summed E-state index contributed by atoms with van der Waals surface area (Å²) in [6.07, 6.45) is -8.50. The third-order valence-corrected chi connectivity index (χ3v) is 5.18. The van der Waals surface area contributed by atoms with Crippen LogP contribution in [0.1, 0.15) is 16.7 Å². The Balaban J connectivity index is 3.33. The number of aryl methyl sites for hydroxylation is 3. The number of hydrogen-bond acceptors (Lipinski definition) is 5. The van der Waals surface area contributed by atoms with Crippen LogP contribution in [0.25, 0.3) is 0 Å². The Morgan fingerprint density at radius 1 is 1.09 bits per heavy atom. The Hall–Kier alpha value is -1.17. The Morgan fingerprint density at radius 3 is 1.87 bits per heavy atom. The van der Waals surface area contributed by atoms with Crippen LogP contribution >= 0.6 is 0 Å².